The normalized spacial score (nSPS) is 12.8. The maximum atomic E-state index is 6.64. The molecule has 0 aliphatic carbocycles. The summed E-state index contributed by atoms with van der Waals surface area (Å²) in [6.45, 7) is 0. The molecular weight excluding hydrogens is 410 g/mol. The lowest BCUT2D eigenvalue weighted by atomic mass is 9.99. The molecule has 0 nitrogen and oxygen atoms in total. The zero-order chi connectivity index (χ0) is 13.4. The number of thiophene rings is 1. The Morgan fingerprint density at radius 2 is 1.79 bits per heavy atom. The second kappa shape index (κ2) is 5.60. The van der Waals surface area contributed by atoms with Crippen molar-refractivity contribution in [1.82, 2.24) is 0 Å². The van der Waals surface area contributed by atoms with Gasteiger partial charge in [-0.3, -0.25) is 0 Å². The molecule has 1 aromatic heterocycles. The Kier molecular flexibility index (Phi) is 4.03. The molecule has 0 fully saturated rings. The average molecular weight is 419 g/mol. The van der Waals surface area contributed by atoms with E-state index in [2.05, 4.69) is 40.1 Å². The number of rotatable bonds is 2. The number of fused-ring (bicyclic) bond motifs is 1. The molecule has 0 spiro atoms. The number of hydrogen-bond donors (Lipinski definition) is 0. The topological polar surface area (TPSA) is 0 Å². The van der Waals surface area contributed by atoms with E-state index < -0.39 is 0 Å². The molecule has 19 heavy (non-hydrogen) atoms. The van der Waals surface area contributed by atoms with Gasteiger partial charge in [-0.05, 0) is 56.6 Å². The Hall–Kier alpha value is -0.290. The summed E-state index contributed by atoms with van der Waals surface area (Å²) in [6, 6.07) is 14.2. The lowest BCUT2D eigenvalue weighted by Gasteiger charge is -2.12. The highest BCUT2D eigenvalue weighted by Crippen LogP contribution is 2.37. The van der Waals surface area contributed by atoms with Crippen molar-refractivity contribution in [1.29, 1.82) is 0 Å². The Bertz CT molecular complexity index is 736. The molecule has 1 heterocycles. The van der Waals surface area contributed by atoms with Crippen LogP contribution >= 0.6 is 57.1 Å². The predicted octanol–water partition coefficient (Wildman–Crippen LogP) is 6.49. The van der Waals surface area contributed by atoms with E-state index in [1.54, 1.807) is 11.3 Å². The molecule has 96 valence electrons. The van der Waals surface area contributed by atoms with E-state index in [0.29, 0.717) is 0 Å². The fourth-order valence-electron chi connectivity index (χ4n) is 2.14. The van der Waals surface area contributed by atoms with Gasteiger partial charge in [0.2, 0.25) is 0 Å². The second-order valence-electron chi connectivity index (χ2n) is 4.23. The minimum Gasteiger partial charge on any atom is -0.137 e. The molecule has 0 radical (unpaired) electrons. The summed E-state index contributed by atoms with van der Waals surface area (Å²) in [4.78, 5) is 0. The molecule has 0 bridgehead atoms. The molecule has 3 aromatic rings. The molecule has 1 atom stereocenters. The van der Waals surface area contributed by atoms with Gasteiger partial charge in [0.05, 0.1) is 8.26 Å². The number of hydrogen-bond acceptors (Lipinski definition) is 1. The molecule has 3 rings (SSSR count). The Labute approximate surface area is 139 Å². The molecule has 0 N–H and O–H groups in total. The van der Waals surface area contributed by atoms with E-state index >= 15 is 0 Å². The van der Waals surface area contributed by atoms with Crippen LogP contribution < -0.4 is 0 Å². The van der Waals surface area contributed by atoms with Gasteiger partial charge in [0.1, 0.15) is 0 Å². The number of halogens is 3. The minimum absolute atomic E-state index is 0.137. The largest absolute Gasteiger partial charge is 0.137 e. The van der Waals surface area contributed by atoms with Crippen molar-refractivity contribution in [3.8, 4) is 0 Å². The summed E-state index contributed by atoms with van der Waals surface area (Å²) in [5.41, 5.74) is 2.25. The minimum atomic E-state index is -0.137. The third-order valence-corrected chi connectivity index (χ3v) is 5.68. The Morgan fingerprint density at radius 1 is 1.05 bits per heavy atom. The third-order valence-electron chi connectivity index (χ3n) is 3.06. The molecule has 4 heteroatoms. The Morgan fingerprint density at radius 3 is 2.47 bits per heavy atom. The fraction of sp³-hybridized carbons (Fsp3) is 0.0667. The smallest absolute Gasteiger partial charge is 0.0849 e. The highest BCUT2D eigenvalue weighted by molar-refractivity contribution is 14.1. The molecule has 0 aliphatic rings. The molecule has 0 amide bonds. The van der Waals surface area contributed by atoms with Gasteiger partial charge in [0.25, 0.3) is 0 Å². The first-order chi connectivity index (χ1) is 9.16. The third kappa shape index (κ3) is 2.64. The van der Waals surface area contributed by atoms with Crippen molar-refractivity contribution in [2.45, 2.75) is 5.38 Å². The van der Waals surface area contributed by atoms with Crippen LogP contribution in [0.5, 0.6) is 0 Å². The van der Waals surface area contributed by atoms with Crippen LogP contribution in [-0.2, 0) is 0 Å². The average Bonchev–Trinajstić information content (AvgIpc) is 2.86. The molecule has 1 unspecified atom stereocenters. The first-order valence-corrected chi connectivity index (χ1v) is 8.49. The molecular formula is C15H9Cl2IS. The van der Waals surface area contributed by atoms with Crippen molar-refractivity contribution in [2.24, 2.45) is 0 Å². The lowest BCUT2D eigenvalue weighted by molar-refractivity contribution is 1.17. The standard InChI is InChI=1S/C15H9Cl2IS/c16-13-6-5-12(10-3-1-2-4-11(10)13)15(17)9-7-14(18)19-8-9/h1-8,15H. The predicted molar refractivity (Wildman–Crippen MR) is 93.7 cm³/mol. The highest BCUT2D eigenvalue weighted by atomic mass is 127. The molecule has 0 aliphatic heterocycles. The summed E-state index contributed by atoms with van der Waals surface area (Å²) in [7, 11) is 0. The first-order valence-electron chi connectivity index (χ1n) is 5.72. The van der Waals surface area contributed by atoms with E-state index in [4.69, 9.17) is 23.2 Å². The highest BCUT2D eigenvalue weighted by Gasteiger charge is 2.16. The summed E-state index contributed by atoms with van der Waals surface area (Å²) in [6.07, 6.45) is 0. The van der Waals surface area contributed by atoms with Crippen LogP contribution in [0.1, 0.15) is 16.5 Å². The van der Waals surface area contributed by atoms with Gasteiger partial charge in [0, 0.05) is 10.4 Å². The van der Waals surface area contributed by atoms with E-state index in [-0.39, 0.29) is 5.38 Å². The van der Waals surface area contributed by atoms with Crippen LogP contribution in [0, 0.1) is 2.88 Å². The number of benzene rings is 2. The zero-order valence-corrected chi connectivity index (χ0v) is 14.2. The van der Waals surface area contributed by atoms with E-state index in [1.807, 2.05) is 30.3 Å². The van der Waals surface area contributed by atoms with Crippen LogP contribution in [0.15, 0.2) is 47.8 Å². The maximum Gasteiger partial charge on any atom is 0.0849 e. The summed E-state index contributed by atoms with van der Waals surface area (Å²) in [5.74, 6) is 0. The van der Waals surface area contributed by atoms with Gasteiger partial charge in [-0.1, -0.05) is 41.9 Å². The summed E-state index contributed by atoms with van der Waals surface area (Å²) >= 11 is 16.9. The van der Waals surface area contributed by atoms with Crippen molar-refractivity contribution >= 4 is 67.9 Å². The molecule has 0 saturated carbocycles. The van der Waals surface area contributed by atoms with Crippen molar-refractivity contribution in [3.05, 3.63) is 66.9 Å². The van der Waals surface area contributed by atoms with Crippen molar-refractivity contribution in [2.75, 3.05) is 0 Å². The number of alkyl halides is 1. The summed E-state index contributed by atoms with van der Waals surface area (Å²) < 4.78 is 1.25. The molecule has 0 saturated heterocycles. The zero-order valence-electron chi connectivity index (χ0n) is 9.74. The second-order valence-corrected chi connectivity index (χ2v) is 7.88. The van der Waals surface area contributed by atoms with Crippen molar-refractivity contribution in [3.63, 3.8) is 0 Å². The van der Waals surface area contributed by atoms with Crippen LogP contribution in [-0.4, -0.2) is 0 Å². The van der Waals surface area contributed by atoms with Gasteiger partial charge in [-0.2, -0.15) is 0 Å². The summed E-state index contributed by atoms with van der Waals surface area (Å²) in [5, 5.41) is 4.92. The fourth-order valence-corrected chi connectivity index (χ4v) is 4.16. The van der Waals surface area contributed by atoms with Gasteiger partial charge < -0.3 is 0 Å². The lowest BCUT2D eigenvalue weighted by Crippen LogP contribution is -1.93. The van der Waals surface area contributed by atoms with Crippen LogP contribution in [0.2, 0.25) is 5.02 Å². The SMILES string of the molecule is Clc1ccc(C(Cl)c2csc(I)c2)c2ccccc12. The van der Waals surface area contributed by atoms with Crippen LogP contribution in [0.3, 0.4) is 0 Å². The van der Waals surface area contributed by atoms with E-state index in [1.165, 1.54) is 2.88 Å². The van der Waals surface area contributed by atoms with Gasteiger partial charge in [0.15, 0.2) is 0 Å². The van der Waals surface area contributed by atoms with Crippen LogP contribution in [0.25, 0.3) is 10.8 Å². The first kappa shape index (κ1) is 13.7. The Balaban J connectivity index is 2.18. The van der Waals surface area contributed by atoms with Gasteiger partial charge >= 0.3 is 0 Å². The monoisotopic (exact) mass is 418 g/mol. The quantitative estimate of drug-likeness (QED) is 0.329. The van der Waals surface area contributed by atoms with Gasteiger partial charge in [-0.15, -0.1) is 22.9 Å². The van der Waals surface area contributed by atoms with Crippen LogP contribution in [0.4, 0.5) is 0 Å². The van der Waals surface area contributed by atoms with E-state index in [0.717, 1.165) is 26.9 Å². The van der Waals surface area contributed by atoms with E-state index in [9.17, 15) is 0 Å². The van der Waals surface area contributed by atoms with Gasteiger partial charge in [-0.25, -0.2) is 0 Å². The maximum absolute atomic E-state index is 6.64. The van der Waals surface area contributed by atoms with Crippen molar-refractivity contribution < 1.29 is 0 Å². The molecule has 2 aromatic carbocycles.